The van der Waals surface area contributed by atoms with E-state index >= 15 is 0 Å². The van der Waals surface area contributed by atoms with E-state index in [-0.39, 0.29) is 11.3 Å². The van der Waals surface area contributed by atoms with E-state index in [9.17, 15) is 4.79 Å². The number of hydrogen-bond acceptors (Lipinski definition) is 6. The summed E-state index contributed by atoms with van der Waals surface area (Å²) < 4.78 is 7.16. The van der Waals surface area contributed by atoms with Crippen LogP contribution in [0.5, 0.6) is 11.6 Å². The summed E-state index contributed by atoms with van der Waals surface area (Å²) in [4.78, 5) is 22.8. The van der Waals surface area contributed by atoms with Gasteiger partial charge in [-0.15, -0.1) is 0 Å². The molecule has 1 N–H and O–H groups in total. The maximum absolute atomic E-state index is 10.9. The molecule has 100 valence electrons. The summed E-state index contributed by atoms with van der Waals surface area (Å²) in [6.45, 7) is 0. The van der Waals surface area contributed by atoms with E-state index in [0.29, 0.717) is 16.9 Å². The number of pyridine rings is 1. The number of rotatable bonds is 3. The average molecular weight is 271 g/mol. The number of hydrogen-bond donors (Lipinski definition) is 1. The van der Waals surface area contributed by atoms with Crippen LogP contribution in [0, 0.1) is 0 Å². The zero-order chi connectivity index (χ0) is 14.1. The van der Waals surface area contributed by atoms with Crippen molar-refractivity contribution in [2.75, 3.05) is 0 Å². The third-order valence-electron chi connectivity index (χ3n) is 2.67. The molecule has 20 heavy (non-hydrogen) atoms. The molecule has 3 heterocycles. The van der Waals surface area contributed by atoms with Crippen LogP contribution in [0.25, 0.3) is 11.0 Å². The summed E-state index contributed by atoms with van der Waals surface area (Å²) >= 11 is 0. The first-order valence-corrected chi connectivity index (χ1v) is 5.64. The zero-order valence-electron chi connectivity index (χ0n) is 10.4. The number of carboxylic acid groups (broad SMARTS) is 1. The van der Waals surface area contributed by atoms with Gasteiger partial charge in [0.05, 0.1) is 18.0 Å². The highest BCUT2D eigenvalue weighted by molar-refractivity contribution is 5.87. The van der Waals surface area contributed by atoms with E-state index < -0.39 is 5.97 Å². The van der Waals surface area contributed by atoms with Crippen molar-refractivity contribution >= 4 is 17.0 Å². The minimum atomic E-state index is -1.07. The number of ether oxygens (including phenoxy) is 1. The standard InChI is InChI=1S/C12H9N5O3/c1-17-10-9(5-16-17)11(15-6-14-10)20-8-2-7(12(18)19)3-13-4-8/h2-6H,1H3,(H,18,19). The van der Waals surface area contributed by atoms with Crippen molar-refractivity contribution in [1.82, 2.24) is 24.7 Å². The molecule has 0 unspecified atom stereocenters. The Balaban J connectivity index is 2.01. The van der Waals surface area contributed by atoms with Crippen LogP contribution in [0.2, 0.25) is 0 Å². The lowest BCUT2D eigenvalue weighted by atomic mass is 10.3. The van der Waals surface area contributed by atoms with Gasteiger partial charge in [0.1, 0.15) is 17.5 Å². The van der Waals surface area contributed by atoms with Gasteiger partial charge < -0.3 is 9.84 Å². The van der Waals surface area contributed by atoms with Crippen molar-refractivity contribution in [1.29, 1.82) is 0 Å². The number of carbonyl (C=O) groups is 1. The highest BCUT2D eigenvalue weighted by atomic mass is 16.5. The van der Waals surface area contributed by atoms with Crippen LogP contribution in [-0.4, -0.2) is 35.8 Å². The average Bonchev–Trinajstić information content (AvgIpc) is 2.82. The van der Waals surface area contributed by atoms with E-state index in [4.69, 9.17) is 9.84 Å². The quantitative estimate of drug-likeness (QED) is 0.764. The molecule has 0 aromatic carbocycles. The van der Waals surface area contributed by atoms with Gasteiger partial charge in [-0.25, -0.2) is 14.8 Å². The molecule has 0 saturated heterocycles. The SMILES string of the molecule is Cn1ncc2c(Oc3cncc(C(=O)O)c3)ncnc21. The molecule has 0 aliphatic heterocycles. The van der Waals surface area contributed by atoms with Gasteiger partial charge in [0.15, 0.2) is 5.65 Å². The van der Waals surface area contributed by atoms with Gasteiger partial charge >= 0.3 is 5.97 Å². The third-order valence-corrected chi connectivity index (χ3v) is 2.67. The fourth-order valence-corrected chi connectivity index (χ4v) is 1.73. The molecule has 0 aliphatic rings. The minimum absolute atomic E-state index is 0.0407. The second-order valence-corrected chi connectivity index (χ2v) is 4.00. The molecule has 0 aliphatic carbocycles. The van der Waals surface area contributed by atoms with E-state index in [1.54, 1.807) is 17.9 Å². The summed E-state index contributed by atoms with van der Waals surface area (Å²) in [7, 11) is 1.76. The number of nitrogens with zero attached hydrogens (tertiary/aromatic N) is 5. The molecule has 0 spiro atoms. The number of aromatic nitrogens is 5. The Morgan fingerprint density at radius 1 is 1.30 bits per heavy atom. The van der Waals surface area contributed by atoms with Gasteiger partial charge in [0, 0.05) is 13.2 Å². The van der Waals surface area contributed by atoms with Crippen LogP contribution in [0.4, 0.5) is 0 Å². The van der Waals surface area contributed by atoms with Crippen molar-refractivity contribution in [2.24, 2.45) is 7.05 Å². The predicted molar refractivity (Wildman–Crippen MR) is 67.6 cm³/mol. The molecular formula is C12H9N5O3. The maximum atomic E-state index is 10.9. The monoisotopic (exact) mass is 271 g/mol. The number of aromatic carboxylic acids is 1. The zero-order valence-corrected chi connectivity index (χ0v) is 10.4. The number of fused-ring (bicyclic) bond motifs is 1. The second-order valence-electron chi connectivity index (χ2n) is 4.00. The Hall–Kier alpha value is -3.03. The van der Waals surface area contributed by atoms with Crippen LogP contribution < -0.4 is 4.74 Å². The fourth-order valence-electron chi connectivity index (χ4n) is 1.73. The first-order valence-electron chi connectivity index (χ1n) is 5.64. The molecule has 0 atom stereocenters. The van der Waals surface area contributed by atoms with Crippen molar-refractivity contribution in [3.63, 3.8) is 0 Å². The highest BCUT2D eigenvalue weighted by Crippen LogP contribution is 2.25. The van der Waals surface area contributed by atoms with Crippen molar-refractivity contribution < 1.29 is 14.6 Å². The topological polar surface area (TPSA) is 103 Å². The largest absolute Gasteiger partial charge is 0.478 e. The first kappa shape index (κ1) is 12.0. The van der Waals surface area contributed by atoms with Gasteiger partial charge in [-0.1, -0.05) is 0 Å². The minimum Gasteiger partial charge on any atom is -0.478 e. The molecule has 3 rings (SSSR count). The van der Waals surface area contributed by atoms with E-state index in [1.165, 1.54) is 24.8 Å². The Morgan fingerprint density at radius 2 is 2.15 bits per heavy atom. The predicted octanol–water partition coefficient (Wildman–Crippen LogP) is 1.25. The van der Waals surface area contributed by atoms with Gasteiger partial charge in [-0.2, -0.15) is 5.10 Å². The van der Waals surface area contributed by atoms with Crippen LogP contribution in [-0.2, 0) is 7.05 Å². The Kier molecular flexibility index (Phi) is 2.75. The lowest BCUT2D eigenvalue weighted by Crippen LogP contribution is -1.98. The molecule has 3 aromatic heterocycles. The summed E-state index contributed by atoms with van der Waals surface area (Å²) in [6.07, 6.45) is 5.60. The molecular weight excluding hydrogens is 262 g/mol. The summed E-state index contributed by atoms with van der Waals surface area (Å²) in [5.74, 6) is -0.488. The van der Waals surface area contributed by atoms with Crippen LogP contribution in [0.15, 0.2) is 31.0 Å². The lowest BCUT2D eigenvalue weighted by molar-refractivity contribution is 0.0696. The van der Waals surface area contributed by atoms with E-state index in [1.807, 2.05) is 0 Å². The number of aryl methyl sites for hydroxylation is 1. The van der Waals surface area contributed by atoms with Crippen molar-refractivity contribution in [2.45, 2.75) is 0 Å². The summed E-state index contributed by atoms with van der Waals surface area (Å²) in [5.41, 5.74) is 0.663. The third kappa shape index (κ3) is 2.03. The lowest BCUT2D eigenvalue weighted by Gasteiger charge is -2.05. The molecule has 3 aromatic rings. The van der Waals surface area contributed by atoms with E-state index in [2.05, 4.69) is 20.1 Å². The van der Waals surface area contributed by atoms with Crippen LogP contribution in [0.3, 0.4) is 0 Å². The Labute approximate surface area is 112 Å². The molecule has 0 radical (unpaired) electrons. The molecule has 0 amide bonds. The normalized spacial score (nSPS) is 10.7. The second kappa shape index (κ2) is 4.57. The van der Waals surface area contributed by atoms with Crippen molar-refractivity contribution in [3.05, 3.63) is 36.5 Å². The molecule has 8 nitrogen and oxygen atoms in total. The van der Waals surface area contributed by atoms with Gasteiger partial charge in [0.25, 0.3) is 0 Å². The highest BCUT2D eigenvalue weighted by Gasteiger charge is 2.11. The smallest absolute Gasteiger partial charge is 0.337 e. The van der Waals surface area contributed by atoms with Crippen LogP contribution in [0.1, 0.15) is 10.4 Å². The van der Waals surface area contributed by atoms with Crippen LogP contribution >= 0.6 is 0 Å². The summed E-state index contributed by atoms with van der Waals surface area (Å²) in [6, 6.07) is 1.37. The molecule has 0 bridgehead atoms. The van der Waals surface area contributed by atoms with Gasteiger partial charge in [0.2, 0.25) is 5.88 Å². The van der Waals surface area contributed by atoms with Crippen molar-refractivity contribution in [3.8, 4) is 11.6 Å². The Bertz CT molecular complexity index is 799. The van der Waals surface area contributed by atoms with Gasteiger partial charge in [-0.3, -0.25) is 9.67 Å². The maximum Gasteiger partial charge on any atom is 0.337 e. The van der Waals surface area contributed by atoms with E-state index in [0.717, 1.165) is 0 Å². The fraction of sp³-hybridized carbons (Fsp3) is 0.0833. The van der Waals surface area contributed by atoms with Gasteiger partial charge in [-0.05, 0) is 6.07 Å². The molecule has 0 fully saturated rings. The summed E-state index contributed by atoms with van der Waals surface area (Å²) in [5, 5.41) is 13.6. The Morgan fingerprint density at radius 3 is 2.95 bits per heavy atom. The number of carboxylic acids is 1. The molecule has 8 heteroatoms. The first-order chi connectivity index (χ1) is 9.65. The molecule has 0 saturated carbocycles.